The molecule has 12 heteroatoms. The Bertz CT molecular complexity index is 1730. The maximum absolute atomic E-state index is 14.0. The van der Waals surface area contributed by atoms with Gasteiger partial charge in [0.1, 0.15) is 11.8 Å². The maximum Gasteiger partial charge on any atom is 0.338 e. The molecule has 0 saturated carbocycles. The van der Waals surface area contributed by atoms with Crippen LogP contribution in [-0.2, 0) is 9.53 Å². The summed E-state index contributed by atoms with van der Waals surface area (Å²) in [6, 6.07) is 10.2. The molecule has 0 N–H and O–H groups in total. The van der Waals surface area contributed by atoms with E-state index in [1.54, 1.807) is 39.2 Å². The van der Waals surface area contributed by atoms with Crippen molar-refractivity contribution in [1.29, 1.82) is 5.26 Å². The van der Waals surface area contributed by atoms with Crippen LogP contribution in [0.3, 0.4) is 0 Å². The second-order valence-electron chi connectivity index (χ2n) is 9.14. The van der Waals surface area contributed by atoms with Crippen LogP contribution in [0, 0.1) is 14.9 Å². The monoisotopic (exact) mass is 751 g/mol. The zero-order chi connectivity index (χ0) is 29.8. The average Bonchev–Trinajstić information content (AvgIpc) is 3.21. The van der Waals surface area contributed by atoms with Crippen LogP contribution in [0.5, 0.6) is 17.2 Å². The van der Waals surface area contributed by atoms with Crippen LogP contribution < -0.4 is 29.1 Å². The highest BCUT2D eigenvalue weighted by molar-refractivity contribution is 14.1. The van der Waals surface area contributed by atoms with Gasteiger partial charge in [-0.25, -0.2) is 9.79 Å². The molecule has 0 fully saturated rings. The van der Waals surface area contributed by atoms with E-state index in [9.17, 15) is 9.59 Å². The van der Waals surface area contributed by atoms with Gasteiger partial charge in [0.05, 0.1) is 49.7 Å². The van der Waals surface area contributed by atoms with Gasteiger partial charge in [-0.15, -0.1) is 0 Å². The number of esters is 1. The van der Waals surface area contributed by atoms with Crippen molar-refractivity contribution < 1.29 is 23.7 Å². The summed E-state index contributed by atoms with van der Waals surface area (Å²) in [5, 5.41) is 8.86. The van der Waals surface area contributed by atoms with Crippen LogP contribution in [0.4, 0.5) is 0 Å². The third kappa shape index (κ3) is 6.52. The Balaban J connectivity index is 1.91. The summed E-state index contributed by atoms with van der Waals surface area (Å²) < 4.78 is 25.8. The van der Waals surface area contributed by atoms with Crippen molar-refractivity contribution in [3.63, 3.8) is 0 Å². The first kappa shape index (κ1) is 30.8. The molecule has 2 heterocycles. The van der Waals surface area contributed by atoms with E-state index in [-0.39, 0.29) is 30.5 Å². The first-order valence-electron chi connectivity index (χ1n) is 12.6. The van der Waals surface area contributed by atoms with Crippen molar-refractivity contribution in [3.05, 3.63) is 80.5 Å². The lowest BCUT2D eigenvalue weighted by Gasteiger charge is -2.25. The maximum atomic E-state index is 14.0. The fourth-order valence-electron chi connectivity index (χ4n) is 4.37. The Kier molecular flexibility index (Phi) is 9.93. The highest BCUT2D eigenvalue weighted by Gasteiger charge is 2.34. The number of aromatic nitrogens is 1. The zero-order valence-corrected chi connectivity index (χ0v) is 27.5. The van der Waals surface area contributed by atoms with Crippen LogP contribution in [0.15, 0.2) is 55.9 Å². The number of hydrogen-bond acceptors (Lipinski definition) is 9. The molecule has 0 saturated heterocycles. The van der Waals surface area contributed by atoms with Crippen LogP contribution >= 0.6 is 49.9 Å². The molecule has 9 nitrogen and oxygen atoms in total. The minimum absolute atomic E-state index is 0.0697. The summed E-state index contributed by atoms with van der Waals surface area (Å²) in [4.78, 5) is 32.3. The van der Waals surface area contributed by atoms with Gasteiger partial charge >= 0.3 is 5.97 Å². The lowest BCUT2D eigenvalue weighted by molar-refractivity contribution is -0.139. The van der Waals surface area contributed by atoms with Gasteiger partial charge in [-0.05, 0) is 108 Å². The van der Waals surface area contributed by atoms with Crippen LogP contribution in [0.25, 0.3) is 6.08 Å². The number of rotatable bonds is 9. The number of methoxy groups -OCH3 is 1. The molecular weight excluding hydrogens is 725 g/mol. The third-order valence-electron chi connectivity index (χ3n) is 5.98. The van der Waals surface area contributed by atoms with Crippen molar-refractivity contribution in [2.24, 2.45) is 4.99 Å². The minimum atomic E-state index is -0.789. The predicted molar refractivity (Wildman–Crippen MR) is 167 cm³/mol. The van der Waals surface area contributed by atoms with Crippen molar-refractivity contribution >= 4 is 61.9 Å². The number of fused-ring (bicyclic) bond motifs is 1. The van der Waals surface area contributed by atoms with Crippen LogP contribution in [0.2, 0.25) is 0 Å². The highest BCUT2D eigenvalue weighted by Crippen LogP contribution is 2.37. The van der Waals surface area contributed by atoms with E-state index in [1.807, 2.05) is 38.1 Å². The van der Waals surface area contributed by atoms with Crippen LogP contribution in [0.1, 0.15) is 44.9 Å². The number of ether oxygens (including phenoxy) is 4. The molecule has 1 aliphatic heterocycles. The van der Waals surface area contributed by atoms with Gasteiger partial charge in [0, 0.05) is 0 Å². The smallest absolute Gasteiger partial charge is 0.338 e. The first-order chi connectivity index (χ1) is 19.6. The van der Waals surface area contributed by atoms with Crippen molar-refractivity contribution in [1.82, 2.24) is 4.57 Å². The Labute approximate surface area is 263 Å². The predicted octanol–water partition coefficient (Wildman–Crippen LogP) is 4.86. The molecule has 0 spiro atoms. The van der Waals surface area contributed by atoms with Crippen molar-refractivity contribution in [2.75, 3.05) is 20.3 Å². The van der Waals surface area contributed by atoms with Gasteiger partial charge in [0.2, 0.25) is 0 Å². The molecule has 0 unspecified atom stereocenters. The van der Waals surface area contributed by atoms with E-state index >= 15 is 0 Å². The van der Waals surface area contributed by atoms with Gasteiger partial charge in [0.25, 0.3) is 5.56 Å². The van der Waals surface area contributed by atoms with E-state index < -0.39 is 12.0 Å². The molecule has 0 radical (unpaired) electrons. The fourth-order valence-corrected chi connectivity index (χ4v) is 7.18. The number of nitriles is 1. The Hall–Kier alpha value is -3.15. The Morgan fingerprint density at radius 3 is 2.68 bits per heavy atom. The lowest BCUT2D eigenvalue weighted by atomic mass is 9.95. The molecule has 0 aliphatic carbocycles. The van der Waals surface area contributed by atoms with Gasteiger partial charge in [0.15, 0.2) is 22.9 Å². The number of thiazole rings is 1. The van der Waals surface area contributed by atoms with Crippen molar-refractivity contribution in [2.45, 2.75) is 39.8 Å². The Morgan fingerprint density at radius 2 is 2.05 bits per heavy atom. The average molecular weight is 752 g/mol. The summed E-state index contributed by atoms with van der Waals surface area (Å²) in [6.45, 7) is 7.41. The molecule has 1 atom stereocenters. The molecule has 214 valence electrons. The van der Waals surface area contributed by atoms with Gasteiger partial charge in [-0.1, -0.05) is 17.4 Å². The number of hydrogen-bond donors (Lipinski definition) is 0. The second kappa shape index (κ2) is 13.2. The van der Waals surface area contributed by atoms with E-state index in [0.717, 1.165) is 9.13 Å². The van der Waals surface area contributed by atoms with Crippen molar-refractivity contribution in [3.8, 4) is 23.3 Å². The number of carbonyl (C=O) groups excluding carboxylic acids is 1. The normalized spacial score (nSPS) is 14.8. The summed E-state index contributed by atoms with van der Waals surface area (Å²) in [6.07, 6.45) is 1.70. The standard InChI is InChI=1S/C29H27BrIN3O6S/c1-6-38-28(36)24-16(4)33-29-34(25(24)18-7-8-21(40-15(2)3)22(14-18)37-5)27(35)23(41-29)13-17-11-19(30)26(20(31)12-17)39-10-9-32/h7-8,11-15,25H,6,10H2,1-5H3/b23-13-/t25-/m0/s1. The third-order valence-corrected chi connectivity index (χ3v) is 8.36. The number of benzene rings is 2. The van der Waals surface area contributed by atoms with E-state index in [0.29, 0.717) is 42.3 Å². The molecule has 0 amide bonds. The molecule has 0 bridgehead atoms. The molecule has 41 heavy (non-hydrogen) atoms. The number of allylic oxidation sites excluding steroid dienone is 1. The molecule has 2 aromatic carbocycles. The van der Waals surface area contributed by atoms with E-state index in [4.69, 9.17) is 24.2 Å². The number of carbonyl (C=O) groups is 1. The molecule has 4 rings (SSSR count). The van der Waals surface area contributed by atoms with E-state index in [1.165, 1.54) is 15.9 Å². The largest absolute Gasteiger partial charge is 0.493 e. The second-order valence-corrected chi connectivity index (χ2v) is 12.2. The number of halogens is 2. The summed E-state index contributed by atoms with van der Waals surface area (Å²) in [5.41, 5.74) is 1.86. The fraction of sp³-hybridized carbons (Fsp3) is 0.310. The number of nitrogens with zero attached hydrogens (tertiary/aromatic N) is 3. The molecule has 3 aromatic rings. The first-order valence-corrected chi connectivity index (χ1v) is 15.3. The SMILES string of the molecule is CCOC(=O)C1=C(C)N=c2s/c(=C\c3cc(Br)c(OCC#N)c(I)c3)c(=O)n2[C@H]1c1ccc(OC(C)C)c(OC)c1. The summed E-state index contributed by atoms with van der Waals surface area (Å²) >= 11 is 6.85. The van der Waals surface area contributed by atoms with Gasteiger partial charge in [-0.2, -0.15) is 5.26 Å². The summed E-state index contributed by atoms with van der Waals surface area (Å²) in [7, 11) is 1.54. The molecule has 1 aliphatic rings. The zero-order valence-electron chi connectivity index (χ0n) is 23.0. The quantitative estimate of drug-likeness (QED) is 0.227. The summed E-state index contributed by atoms with van der Waals surface area (Å²) in [5.74, 6) is 1.05. The molecular formula is C29H27BrIN3O6S. The lowest BCUT2D eigenvalue weighted by Crippen LogP contribution is -2.40. The Morgan fingerprint density at radius 1 is 1.29 bits per heavy atom. The topological polar surface area (TPSA) is 112 Å². The van der Waals surface area contributed by atoms with Gasteiger partial charge in [-0.3, -0.25) is 9.36 Å². The minimum Gasteiger partial charge on any atom is -0.493 e. The highest BCUT2D eigenvalue weighted by atomic mass is 127. The van der Waals surface area contributed by atoms with E-state index in [2.05, 4.69) is 43.5 Å². The molecule has 1 aromatic heterocycles. The van der Waals surface area contributed by atoms with Gasteiger partial charge < -0.3 is 18.9 Å². The van der Waals surface area contributed by atoms with Crippen LogP contribution in [-0.4, -0.2) is 37.0 Å².